The topological polar surface area (TPSA) is 55.7 Å². The molecule has 2 saturated heterocycles. The Morgan fingerprint density at radius 3 is 2.41 bits per heavy atom. The van der Waals surface area contributed by atoms with E-state index in [1.54, 1.807) is 0 Å². The lowest BCUT2D eigenvalue weighted by atomic mass is 9.84. The molecule has 1 N–H and O–H groups in total. The quantitative estimate of drug-likeness (QED) is 0.672. The molecule has 0 aliphatic carbocycles. The molecule has 2 fully saturated rings. The molecule has 0 bridgehead atoms. The normalized spacial score (nSPS) is 21.3. The van der Waals surface area contributed by atoms with Gasteiger partial charge in [-0.3, -0.25) is 0 Å². The number of hydrogen-bond donors (Lipinski definition) is 1. The van der Waals surface area contributed by atoms with Crippen LogP contribution in [0.2, 0.25) is 5.15 Å². The first-order valence-corrected chi connectivity index (χ1v) is 12.5. The average Bonchev–Trinajstić information content (AvgIpc) is 3.47. The molecular formula is C25H34ClN5O. The molecular weight excluding hydrogens is 422 g/mol. The molecule has 0 atom stereocenters. The van der Waals surface area contributed by atoms with Crippen molar-refractivity contribution in [2.45, 2.75) is 44.1 Å². The maximum absolute atomic E-state index is 11.1. The van der Waals surface area contributed by atoms with Gasteiger partial charge in [-0.2, -0.15) is 0 Å². The number of rotatable bonds is 6. The minimum absolute atomic E-state index is 0.574. The summed E-state index contributed by atoms with van der Waals surface area (Å²) in [6.45, 7) is 7.46. The van der Waals surface area contributed by atoms with E-state index >= 15 is 0 Å². The van der Waals surface area contributed by atoms with E-state index in [0.29, 0.717) is 11.0 Å². The summed E-state index contributed by atoms with van der Waals surface area (Å²) in [5, 5.41) is 11.7. The van der Waals surface area contributed by atoms with Crippen LogP contribution in [0.1, 0.15) is 43.2 Å². The summed E-state index contributed by atoms with van der Waals surface area (Å²) in [4.78, 5) is 16.7. The van der Waals surface area contributed by atoms with Crippen molar-refractivity contribution >= 4 is 17.4 Å². The van der Waals surface area contributed by atoms with Crippen molar-refractivity contribution in [1.29, 1.82) is 0 Å². The van der Waals surface area contributed by atoms with E-state index in [-0.39, 0.29) is 0 Å². The van der Waals surface area contributed by atoms with Gasteiger partial charge in [-0.25, -0.2) is 9.97 Å². The molecule has 5 rings (SSSR count). The van der Waals surface area contributed by atoms with Gasteiger partial charge in [0.15, 0.2) is 5.82 Å². The summed E-state index contributed by atoms with van der Waals surface area (Å²) in [6.07, 6.45) is 6.27. The average molecular weight is 456 g/mol. The lowest BCUT2D eigenvalue weighted by Crippen LogP contribution is -2.40. The Hall–Kier alpha value is -1.73. The Balaban J connectivity index is 1.31. The molecule has 0 saturated carbocycles. The fourth-order valence-corrected chi connectivity index (χ4v) is 5.58. The van der Waals surface area contributed by atoms with E-state index in [4.69, 9.17) is 16.6 Å². The van der Waals surface area contributed by atoms with Gasteiger partial charge in [0.05, 0.1) is 5.60 Å². The summed E-state index contributed by atoms with van der Waals surface area (Å²) in [6, 6.07) is 8.10. The van der Waals surface area contributed by atoms with Crippen LogP contribution in [0, 0.1) is 0 Å². The maximum Gasteiger partial charge on any atom is 0.163 e. The number of fused-ring (bicyclic) bond motifs is 1. The van der Waals surface area contributed by atoms with E-state index in [9.17, 15) is 5.11 Å². The van der Waals surface area contributed by atoms with Crippen LogP contribution in [-0.2, 0) is 12.0 Å². The number of piperidine rings is 1. The molecule has 0 unspecified atom stereocenters. The number of nitrogens with zero attached hydrogens (tertiary/aromatic N) is 5. The number of benzene rings is 1. The van der Waals surface area contributed by atoms with Crippen molar-refractivity contribution < 1.29 is 5.11 Å². The van der Waals surface area contributed by atoms with Crippen molar-refractivity contribution in [2.24, 2.45) is 0 Å². The Morgan fingerprint density at radius 1 is 0.969 bits per heavy atom. The van der Waals surface area contributed by atoms with Crippen molar-refractivity contribution in [3.63, 3.8) is 0 Å². The molecule has 3 aliphatic heterocycles. The van der Waals surface area contributed by atoms with Crippen LogP contribution in [0.4, 0.5) is 5.82 Å². The van der Waals surface area contributed by atoms with Crippen LogP contribution in [0.5, 0.6) is 0 Å². The van der Waals surface area contributed by atoms with Crippen LogP contribution in [0.3, 0.4) is 0 Å². The smallest absolute Gasteiger partial charge is 0.163 e. The molecule has 1 aromatic carbocycles. The largest absolute Gasteiger partial charge is 0.385 e. The molecule has 0 spiro atoms. The lowest BCUT2D eigenvalue weighted by Gasteiger charge is -2.37. The Morgan fingerprint density at radius 2 is 1.69 bits per heavy atom. The van der Waals surface area contributed by atoms with Crippen molar-refractivity contribution in [3.8, 4) is 11.4 Å². The highest BCUT2D eigenvalue weighted by Crippen LogP contribution is 2.35. The van der Waals surface area contributed by atoms with Crippen LogP contribution in [0.15, 0.2) is 24.3 Å². The molecule has 4 heterocycles. The highest BCUT2D eigenvalue weighted by atomic mass is 35.5. The van der Waals surface area contributed by atoms with Gasteiger partial charge in [0.2, 0.25) is 0 Å². The highest BCUT2D eigenvalue weighted by Gasteiger charge is 2.33. The molecule has 7 heteroatoms. The van der Waals surface area contributed by atoms with Gasteiger partial charge in [0, 0.05) is 37.3 Å². The first-order valence-electron chi connectivity index (χ1n) is 12.1. The van der Waals surface area contributed by atoms with Crippen molar-refractivity contribution in [2.75, 3.05) is 57.8 Å². The first-order chi connectivity index (χ1) is 15.5. The molecule has 1 aromatic heterocycles. The van der Waals surface area contributed by atoms with Gasteiger partial charge in [-0.15, -0.1) is 0 Å². The van der Waals surface area contributed by atoms with Gasteiger partial charge in [0.25, 0.3) is 0 Å². The number of aliphatic hydroxyl groups is 1. The molecule has 6 nitrogen and oxygen atoms in total. The Labute approximate surface area is 196 Å². The fourth-order valence-electron chi connectivity index (χ4n) is 5.32. The Kier molecular flexibility index (Phi) is 6.39. The van der Waals surface area contributed by atoms with Crippen LogP contribution in [0.25, 0.3) is 11.4 Å². The SMILES string of the molecule is CN1CCC(O)(c2ccc(-c3nc(Cl)c4c(n3)N(CCCN3CCCC3)CC4)cc2)CC1. The van der Waals surface area contributed by atoms with E-state index in [1.165, 1.54) is 25.9 Å². The predicted molar refractivity (Wildman–Crippen MR) is 129 cm³/mol. The van der Waals surface area contributed by atoms with Crippen molar-refractivity contribution in [3.05, 3.63) is 40.5 Å². The lowest BCUT2D eigenvalue weighted by molar-refractivity contribution is -0.0203. The zero-order valence-corrected chi connectivity index (χ0v) is 19.8. The first kappa shape index (κ1) is 22.1. The van der Waals surface area contributed by atoms with Crippen molar-refractivity contribution in [1.82, 2.24) is 19.8 Å². The van der Waals surface area contributed by atoms with E-state index in [1.807, 2.05) is 24.3 Å². The fraction of sp³-hybridized carbons (Fsp3) is 0.600. The number of likely N-dealkylation sites (tertiary alicyclic amines) is 2. The summed E-state index contributed by atoms with van der Waals surface area (Å²) >= 11 is 6.59. The highest BCUT2D eigenvalue weighted by molar-refractivity contribution is 6.30. The third-order valence-electron chi connectivity index (χ3n) is 7.46. The number of anilines is 1. The molecule has 3 aliphatic rings. The van der Waals surface area contributed by atoms with Gasteiger partial charge < -0.3 is 19.8 Å². The number of aromatic nitrogens is 2. The maximum atomic E-state index is 11.1. The van der Waals surface area contributed by atoms with Crippen LogP contribution >= 0.6 is 11.6 Å². The molecule has 0 radical (unpaired) electrons. The third-order valence-corrected chi connectivity index (χ3v) is 7.77. The standard InChI is InChI=1S/C25H34ClN5O/c1-29-17-10-25(32,11-18-29)20-7-5-19(6-8-20)23-27-22(26)21-9-16-31(24(21)28-23)15-4-14-30-12-2-3-13-30/h5-8,32H,2-4,9-18H2,1H3. The summed E-state index contributed by atoms with van der Waals surface area (Å²) in [5.74, 6) is 1.67. The van der Waals surface area contributed by atoms with Gasteiger partial charge >= 0.3 is 0 Å². The van der Waals surface area contributed by atoms with Crippen LogP contribution < -0.4 is 4.90 Å². The second-order valence-corrected chi connectivity index (χ2v) is 10.0. The zero-order chi connectivity index (χ0) is 22.1. The Bertz CT molecular complexity index is 936. The van der Waals surface area contributed by atoms with E-state index in [0.717, 1.165) is 80.9 Å². The summed E-state index contributed by atoms with van der Waals surface area (Å²) in [7, 11) is 2.10. The summed E-state index contributed by atoms with van der Waals surface area (Å²) < 4.78 is 0. The molecule has 2 aromatic rings. The molecule has 32 heavy (non-hydrogen) atoms. The second-order valence-electron chi connectivity index (χ2n) is 9.69. The summed E-state index contributed by atoms with van der Waals surface area (Å²) in [5.41, 5.74) is 2.26. The minimum Gasteiger partial charge on any atom is -0.385 e. The zero-order valence-electron chi connectivity index (χ0n) is 19.1. The third kappa shape index (κ3) is 4.51. The van der Waals surface area contributed by atoms with E-state index in [2.05, 4.69) is 26.7 Å². The minimum atomic E-state index is -0.742. The van der Waals surface area contributed by atoms with Gasteiger partial charge in [0.1, 0.15) is 11.0 Å². The molecule has 0 amide bonds. The van der Waals surface area contributed by atoms with Gasteiger partial charge in [-0.05, 0) is 70.8 Å². The van der Waals surface area contributed by atoms with Crippen LogP contribution in [-0.4, -0.2) is 77.7 Å². The predicted octanol–water partition coefficient (Wildman–Crippen LogP) is 3.56. The molecule has 172 valence electrons. The van der Waals surface area contributed by atoms with Gasteiger partial charge in [-0.1, -0.05) is 35.9 Å². The number of hydrogen-bond acceptors (Lipinski definition) is 6. The second kappa shape index (κ2) is 9.26. The monoisotopic (exact) mass is 455 g/mol. The van der Waals surface area contributed by atoms with E-state index < -0.39 is 5.60 Å². The number of halogens is 1.